The Morgan fingerprint density at radius 1 is 1.00 bits per heavy atom. The summed E-state index contributed by atoms with van der Waals surface area (Å²) in [4.78, 5) is 19.7. The molecule has 0 saturated heterocycles. The zero-order valence-corrected chi connectivity index (χ0v) is 17.4. The van der Waals surface area contributed by atoms with Crippen LogP contribution in [0.2, 0.25) is 0 Å². The first-order valence-electron chi connectivity index (χ1n) is 9.11. The molecule has 29 heavy (non-hydrogen) atoms. The van der Waals surface area contributed by atoms with Crippen molar-refractivity contribution < 1.29 is 9.47 Å². The van der Waals surface area contributed by atoms with Crippen LogP contribution in [-0.4, -0.2) is 34.2 Å². The van der Waals surface area contributed by atoms with Crippen molar-refractivity contribution >= 4 is 28.1 Å². The van der Waals surface area contributed by atoms with E-state index in [9.17, 15) is 0 Å². The monoisotopic (exact) mass is 407 g/mol. The molecule has 4 rings (SSSR count). The van der Waals surface area contributed by atoms with Gasteiger partial charge in [0.25, 0.3) is 0 Å². The van der Waals surface area contributed by atoms with Crippen LogP contribution in [0.5, 0.6) is 11.5 Å². The second kappa shape index (κ2) is 8.00. The summed E-state index contributed by atoms with van der Waals surface area (Å²) in [6.45, 7) is 3.99. The van der Waals surface area contributed by atoms with E-state index in [0.29, 0.717) is 17.3 Å². The molecule has 0 radical (unpaired) electrons. The summed E-state index contributed by atoms with van der Waals surface area (Å²) in [5.41, 5.74) is 1.81. The molecule has 1 atom stereocenters. The molecular formula is C21H21N5O2S. The lowest BCUT2D eigenvalue weighted by Crippen LogP contribution is -2.08. The largest absolute Gasteiger partial charge is 0.493 e. The van der Waals surface area contributed by atoms with Crippen LogP contribution >= 0.6 is 11.3 Å². The molecule has 0 fully saturated rings. The number of fused-ring (bicyclic) bond motifs is 1. The van der Waals surface area contributed by atoms with E-state index in [1.807, 2.05) is 31.5 Å². The minimum Gasteiger partial charge on any atom is -0.493 e. The number of hydrogen-bond acceptors (Lipinski definition) is 8. The predicted molar refractivity (Wildman–Crippen MR) is 115 cm³/mol. The van der Waals surface area contributed by atoms with Crippen molar-refractivity contribution in [2.45, 2.75) is 19.9 Å². The lowest BCUT2D eigenvalue weighted by atomic mass is 10.2. The number of ether oxygens (including phenoxy) is 2. The van der Waals surface area contributed by atoms with Gasteiger partial charge in [0.05, 0.1) is 25.8 Å². The molecule has 148 valence electrons. The van der Waals surface area contributed by atoms with Gasteiger partial charge in [0, 0.05) is 39.2 Å². The van der Waals surface area contributed by atoms with Gasteiger partial charge in [-0.3, -0.25) is 0 Å². The normalized spacial score (nSPS) is 12.0. The van der Waals surface area contributed by atoms with Gasteiger partial charge in [-0.15, -0.1) is 11.3 Å². The number of anilines is 1. The molecule has 0 aliphatic carbocycles. The Labute approximate surface area is 172 Å². The zero-order valence-electron chi connectivity index (χ0n) is 16.6. The Kier molecular flexibility index (Phi) is 5.26. The highest BCUT2D eigenvalue weighted by Gasteiger charge is 2.16. The number of nitrogens with zero attached hydrogens (tertiary/aromatic N) is 4. The highest BCUT2D eigenvalue weighted by atomic mass is 32.1. The molecule has 8 heteroatoms. The standard InChI is InChI=1S/C21H21N5O2S/c1-12(19-5-6-20(29-19)14-9-22-11-23-10-14)24-21-15-7-17(27-3)18(28-4)8-16(15)25-13(2)26-21/h5-12H,1-4H3,(H,24,25,26)/t12-/m0/s1. The van der Waals surface area contributed by atoms with Crippen molar-refractivity contribution in [3.63, 3.8) is 0 Å². The van der Waals surface area contributed by atoms with Gasteiger partial charge < -0.3 is 14.8 Å². The molecule has 7 nitrogen and oxygen atoms in total. The number of aryl methyl sites for hydroxylation is 1. The number of hydrogen-bond donors (Lipinski definition) is 1. The molecule has 0 saturated carbocycles. The Morgan fingerprint density at radius 3 is 2.45 bits per heavy atom. The van der Waals surface area contributed by atoms with E-state index in [0.717, 1.165) is 27.2 Å². The van der Waals surface area contributed by atoms with Gasteiger partial charge in [0.2, 0.25) is 0 Å². The van der Waals surface area contributed by atoms with Gasteiger partial charge >= 0.3 is 0 Å². The van der Waals surface area contributed by atoms with Crippen molar-refractivity contribution in [3.05, 3.63) is 53.7 Å². The van der Waals surface area contributed by atoms with E-state index in [4.69, 9.17) is 9.47 Å². The van der Waals surface area contributed by atoms with E-state index in [1.54, 1.807) is 25.6 Å². The molecule has 0 unspecified atom stereocenters. The van der Waals surface area contributed by atoms with Gasteiger partial charge in [-0.1, -0.05) is 0 Å². The second-order valence-electron chi connectivity index (χ2n) is 6.54. The number of methoxy groups -OCH3 is 2. The fourth-order valence-electron chi connectivity index (χ4n) is 3.13. The Morgan fingerprint density at radius 2 is 1.72 bits per heavy atom. The summed E-state index contributed by atoms with van der Waals surface area (Å²) in [7, 11) is 3.24. The first-order valence-corrected chi connectivity index (χ1v) is 9.92. The van der Waals surface area contributed by atoms with E-state index < -0.39 is 0 Å². The molecule has 1 aromatic carbocycles. The quantitative estimate of drug-likeness (QED) is 0.498. The van der Waals surface area contributed by atoms with Crippen molar-refractivity contribution in [2.24, 2.45) is 0 Å². The smallest absolute Gasteiger partial charge is 0.162 e. The van der Waals surface area contributed by atoms with Crippen LogP contribution in [0, 0.1) is 6.92 Å². The van der Waals surface area contributed by atoms with Crippen LogP contribution in [-0.2, 0) is 0 Å². The summed E-state index contributed by atoms with van der Waals surface area (Å²) < 4.78 is 10.9. The maximum absolute atomic E-state index is 5.45. The summed E-state index contributed by atoms with van der Waals surface area (Å²) in [5.74, 6) is 2.74. The topological polar surface area (TPSA) is 82.1 Å². The molecular weight excluding hydrogens is 386 g/mol. The molecule has 0 spiro atoms. The van der Waals surface area contributed by atoms with E-state index in [1.165, 1.54) is 11.2 Å². The van der Waals surface area contributed by atoms with E-state index in [2.05, 4.69) is 44.3 Å². The highest BCUT2D eigenvalue weighted by molar-refractivity contribution is 7.15. The first-order chi connectivity index (χ1) is 14.1. The van der Waals surface area contributed by atoms with Gasteiger partial charge in [0.1, 0.15) is 18.0 Å². The maximum Gasteiger partial charge on any atom is 0.162 e. The minimum atomic E-state index is 0.0592. The molecule has 3 heterocycles. The van der Waals surface area contributed by atoms with Crippen LogP contribution < -0.4 is 14.8 Å². The summed E-state index contributed by atoms with van der Waals surface area (Å²) in [5, 5.41) is 4.41. The molecule has 4 aromatic rings. The Hall–Kier alpha value is -3.26. The van der Waals surface area contributed by atoms with Gasteiger partial charge in [-0.25, -0.2) is 19.9 Å². The minimum absolute atomic E-state index is 0.0592. The number of rotatable bonds is 6. The van der Waals surface area contributed by atoms with Crippen molar-refractivity contribution in [1.29, 1.82) is 0 Å². The van der Waals surface area contributed by atoms with Gasteiger partial charge in [-0.2, -0.15) is 0 Å². The molecule has 3 aromatic heterocycles. The van der Waals surface area contributed by atoms with Crippen molar-refractivity contribution in [2.75, 3.05) is 19.5 Å². The SMILES string of the molecule is COc1cc2nc(C)nc(N[C@@H](C)c3ccc(-c4cncnc4)s3)c2cc1OC. The number of aromatic nitrogens is 4. The van der Waals surface area contributed by atoms with Crippen LogP contribution in [0.15, 0.2) is 43.0 Å². The number of nitrogens with one attached hydrogen (secondary N) is 1. The third kappa shape index (κ3) is 3.84. The predicted octanol–water partition coefficient (Wildman–Crippen LogP) is 4.65. The molecule has 0 aliphatic rings. The zero-order chi connectivity index (χ0) is 20.4. The Balaban J connectivity index is 1.67. The molecule has 0 bridgehead atoms. The average Bonchev–Trinajstić information content (AvgIpc) is 3.24. The van der Waals surface area contributed by atoms with Gasteiger partial charge in [0.15, 0.2) is 11.5 Å². The van der Waals surface area contributed by atoms with Crippen LogP contribution in [0.1, 0.15) is 23.7 Å². The van der Waals surface area contributed by atoms with E-state index >= 15 is 0 Å². The fourth-order valence-corrected chi connectivity index (χ4v) is 4.11. The van der Waals surface area contributed by atoms with Crippen LogP contribution in [0.3, 0.4) is 0 Å². The number of thiophene rings is 1. The third-order valence-electron chi connectivity index (χ3n) is 4.56. The maximum atomic E-state index is 5.45. The fraction of sp³-hybridized carbons (Fsp3) is 0.238. The lowest BCUT2D eigenvalue weighted by Gasteiger charge is -2.16. The molecule has 0 aliphatic heterocycles. The highest BCUT2D eigenvalue weighted by Crippen LogP contribution is 2.36. The summed E-state index contributed by atoms with van der Waals surface area (Å²) in [6.07, 6.45) is 5.18. The lowest BCUT2D eigenvalue weighted by molar-refractivity contribution is 0.356. The number of benzene rings is 1. The van der Waals surface area contributed by atoms with Crippen LogP contribution in [0.25, 0.3) is 21.3 Å². The summed E-state index contributed by atoms with van der Waals surface area (Å²) in [6, 6.07) is 8.05. The van der Waals surface area contributed by atoms with E-state index in [-0.39, 0.29) is 6.04 Å². The Bertz CT molecular complexity index is 1150. The second-order valence-corrected chi connectivity index (χ2v) is 7.65. The average molecular weight is 407 g/mol. The molecule has 0 amide bonds. The molecule has 1 N–H and O–H groups in total. The third-order valence-corrected chi connectivity index (χ3v) is 5.88. The van der Waals surface area contributed by atoms with Crippen molar-refractivity contribution in [1.82, 2.24) is 19.9 Å². The van der Waals surface area contributed by atoms with Gasteiger partial charge in [-0.05, 0) is 32.0 Å². The first kappa shape index (κ1) is 19.1. The summed E-state index contributed by atoms with van der Waals surface area (Å²) >= 11 is 1.71. The van der Waals surface area contributed by atoms with Crippen molar-refractivity contribution in [3.8, 4) is 21.9 Å². The van der Waals surface area contributed by atoms with Crippen LogP contribution in [0.4, 0.5) is 5.82 Å².